The molecular formula is C18H28N6O8S. The third kappa shape index (κ3) is 9.88. The number of hydrogen-bond acceptors (Lipinski definition) is 9. The Labute approximate surface area is 193 Å². The van der Waals surface area contributed by atoms with E-state index in [-0.39, 0.29) is 6.42 Å². The van der Waals surface area contributed by atoms with Gasteiger partial charge in [-0.3, -0.25) is 19.2 Å². The van der Waals surface area contributed by atoms with E-state index < -0.39 is 66.9 Å². The molecule has 0 aliphatic heterocycles. The van der Waals surface area contributed by atoms with Crippen LogP contribution >= 0.6 is 11.8 Å². The van der Waals surface area contributed by atoms with Crippen LogP contribution in [0.5, 0.6) is 0 Å². The van der Waals surface area contributed by atoms with Crippen molar-refractivity contribution in [3.63, 3.8) is 0 Å². The summed E-state index contributed by atoms with van der Waals surface area (Å²) in [5, 5.41) is 33.8. The smallest absolute Gasteiger partial charge is 0.328 e. The predicted molar refractivity (Wildman–Crippen MR) is 116 cm³/mol. The Morgan fingerprint density at radius 1 is 1.06 bits per heavy atom. The largest absolute Gasteiger partial charge is 0.481 e. The second kappa shape index (κ2) is 14.1. The molecule has 15 heteroatoms. The summed E-state index contributed by atoms with van der Waals surface area (Å²) in [6.07, 6.45) is 4.04. The van der Waals surface area contributed by atoms with Gasteiger partial charge in [-0.1, -0.05) is 0 Å². The summed E-state index contributed by atoms with van der Waals surface area (Å²) in [7, 11) is 0. The van der Waals surface area contributed by atoms with Crippen LogP contribution in [0.1, 0.15) is 18.5 Å². The van der Waals surface area contributed by atoms with Gasteiger partial charge >= 0.3 is 11.9 Å². The van der Waals surface area contributed by atoms with Crippen molar-refractivity contribution in [1.29, 1.82) is 0 Å². The first-order valence-electron chi connectivity index (χ1n) is 9.77. The second-order valence-electron chi connectivity index (χ2n) is 6.97. The zero-order chi connectivity index (χ0) is 25.0. The van der Waals surface area contributed by atoms with Crippen molar-refractivity contribution in [2.75, 3.05) is 18.6 Å². The summed E-state index contributed by atoms with van der Waals surface area (Å²) in [6.45, 7) is -0.943. The van der Waals surface area contributed by atoms with E-state index in [2.05, 4.69) is 20.6 Å². The average molecular weight is 489 g/mol. The topological polar surface area (TPSA) is 237 Å². The molecule has 4 unspecified atom stereocenters. The number of rotatable bonds is 15. The molecule has 1 rings (SSSR count). The molecule has 0 bridgehead atoms. The minimum atomic E-state index is -1.69. The Balaban J connectivity index is 3.00. The van der Waals surface area contributed by atoms with Crippen LogP contribution in [0.2, 0.25) is 0 Å². The number of aromatic nitrogens is 2. The lowest BCUT2D eigenvalue weighted by atomic mass is 10.1. The molecule has 4 atom stereocenters. The number of carboxylic acid groups (broad SMARTS) is 2. The number of aliphatic carboxylic acids is 2. The van der Waals surface area contributed by atoms with Crippen LogP contribution in [-0.2, 0) is 30.4 Å². The number of nitrogens with zero attached hydrogens (tertiary/aromatic N) is 1. The molecule has 3 amide bonds. The number of imidazole rings is 1. The molecule has 1 aromatic rings. The standard InChI is InChI=1S/C18H28N6O8S/c1-33-3-2-10(19)15(28)22-11(4-9-6-20-8-21-9)16(29)23-12(5-14(26)27)17(30)24-13(7-25)18(31)32/h6,8,10-13,25H,2-5,7,19H2,1H3,(H,20,21)(H,22,28)(H,23,29)(H,24,30)(H,26,27)(H,31,32). The third-order valence-electron chi connectivity index (χ3n) is 4.39. The third-order valence-corrected chi connectivity index (χ3v) is 5.03. The maximum atomic E-state index is 12.9. The van der Waals surface area contributed by atoms with Gasteiger partial charge in [-0.2, -0.15) is 11.8 Å². The van der Waals surface area contributed by atoms with E-state index in [1.165, 1.54) is 24.3 Å². The van der Waals surface area contributed by atoms with Gasteiger partial charge in [0.2, 0.25) is 17.7 Å². The lowest BCUT2D eigenvalue weighted by molar-refractivity contribution is -0.144. The number of aliphatic hydroxyl groups excluding tert-OH is 1. The molecule has 0 saturated heterocycles. The van der Waals surface area contributed by atoms with Gasteiger partial charge in [0.25, 0.3) is 0 Å². The maximum absolute atomic E-state index is 12.9. The van der Waals surface area contributed by atoms with Crippen molar-refractivity contribution >= 4 is 41.4 Å². The summed E-state index contributed by atoms with van der Waals surface area (Å²) in [6, 6.07) is -5.50. The predicted octanol–water partition coefficient (Wildman–Crippen LogP) is -2.96. The first-order valence-corrected chi connectivity index (χ1v) is 11.2. The summed E-state index contributed by atoms with van der Waals surface area (Å²) < 4.78 is 0. The fraction of sp³-hybridized carbons (Fsp3) is 0.556. The number of carbonyl (C=O) groups is 5. The average Bonchev–Trinajstić information content (AvgIpc) is 3.27. The van der Waals surface area contributed by atoms with Crippen LogP contribution in [0.4, 0.5) is 0 Å². The molecule has 0 spiro atoms. The van der Waals surface area contributed by atoms with Crippen molar-refractivity contribution < 1.29 is 39.3 Å². The van der Waals surface area contributed by atoms with Gasteiger partial charge in [0.15, 0.2) is 0 Å². The van der Waals surface area contributed by atoms with E-state index in [0.717, 1.165) is 0 Å². The van der Waals surface area contributed by atoms with Crippen LogP contribution < -0.4 is 21.7 Å². The molecule has 0 radical (unpaired) electrons. The summed E-state index contributed by atoms with van der Waals surface area (Å²) in [4.78, 5) is 66.5. The molecule has 33 heavy (non-hydrogen) atoms. The molecule has 14 nitrogen and oxygen atoms in total. The summed E-state index contributed by atoms with van der Waals surface area (Å²) >= 11 is 1.49. The van der Waals surface area contributed by atoms with Crippen LogP contribution in [0.25, 0.3) is 0 Å². The molecule has 0 fully saturated rings. The Kier molecular flexibility index (Phi) is 11.9. The number of aliphatic hydroxyl groups is 1. The molecule has 0 aromatic carbocycles. The maximum Gasteiger partial charge on any atom is 0.328 e. The lowest BCUT2D eigenvalue weighted by Crippen LogP contribution is -2.58. The monoisotopic (exact) mass is 488 g/mol. The van der Waals surface area contributed by atoms with Crippen molar-refractivity contribution in [2.24, 2.45) is 5.73 Å². The van der Waals surface area contributed by atoms with E-state index in [9.17, 15) is 24.0 Å². The number of amides is 3. The molecule has 1 heterocycles. The number of hydrogen-bond donors (Lipinski definition) is 8. The number of H-pyrrole nitrogens is 1. The van der Waals surface area contributed by atoms with E-state index in [1.54, 1.807) is 0 Å². The lowest BCUT2D eigenvalue weighted by Gasteiger charge is -2.24. The minimum absolute atomic E-state index is 0.0668. The van der Waals surface area contributed by atoms with Gasteiger partial charge in [-0.05, 0) is 18.4 Å². The van der Waals surface area contributed by atoms with Gasteiger partial charge in [-0.25, -0.2) is 9.78 Å². The van der Waals surface area contributed by atoms with Crippen LogP contribution in [0.3, 0.4) is 0 Å². The highest BCUT2D eigenvalue weighted by Gasteiger charge is 2.31. The molecule has 9 N–H and O–H groups in total. The Bertz CT molecular complexity index is 821. The summed E-state index contributed by atoms with van der Waals surface area (Å²) in [5.41, 5.74) is 6.31. The SMILES string of the molecule is CSCCC(N)C(=O)NC(Cc1cnc[nH]1)C(=O)NC(CC(=O)O)C(=O)NC(CO)C(=O)O. The quantitative estimate of drug-likeness (QED) is 0.124. The number of carbonyl (C=O) groups excluding carboxylic acids is 3. The Morgan fingerprint density at radius 3 is 2.18 bits per heavy atom. The molecular weight excluding hydrogens is 460 g/mol. The zero-order valence-electron chi connectivity index (χ0n) is 17.8. The van der Waals surface area contributed by atoms with Crippen molar-refractivity contribution in [3.05, 3.63) is 18.2 Å². The molecule has 0 saturated carbocycles. The zero-order valence-corrected chi connectivity index (χ0v) is 18.6. The molecule has 0 aliphatic carbocycles. The normalized spacial score (nSPS) is 14.4. The van der Waals surface area contributed by atoms with Gasteiger partial charge in [0.1, 0.15) is 18.1 Å². The fourth-order valence-electron chi connectivity index (χ4n) is 2.59. The highest BCUT2D eigenvalue weighted by Crippen LogP contribution is 2.04. The number of thioether (sulfide) groups is 1. The number of aromatic amines is 1. The van der Waals surface area contributed by atoms with E-state index in [0.29, 0.717) is 17.9 Å². The summed E-state index contributed by atoms with van der Waals surface area (Å²) in [5.74, 6) is -5.02. The van der Waals surface area contributed by atoms with Crippen LogP contribution in [0, 0.1) is 0 Å². The molecule has 1 aromatic heterocycles. The van der Waals surface area contributed by atoms with Crippen LogP contribution in [0.15, 0.2) is 12.5 Å². The number of nitrogens with two attached hydrogens (primary N) is 1. The molecule has 184 valence electrons. The van der Waals surface area contributed by atoms with Crippen molar-refractivity contribution in [1.82, 2.24) is 25.9 Å². The number of carboxylic acids is 2. The van der Waals surface area contributed by atoms with Crippen LogP contribution in [-0.4, -0.2) is 97.7 Å². The second-order valence-corrected chi connectivity index (χ2v) is 7.96. The van der Waals surface area contributed by atoms with Gasteiger partial charge < -0.3 is 42.0 Å². The highest BCUT2D eigenvalue weighted by molar-refractivity contribution is 7.98. The van der Waals surface area contributed by atoms with Crippen molar-refractivity contribution in [2.45, 2.75) is 43.4 Å². The Hall–Kier alpha value is -3.17. The molecule has 0 aliphatic rings. The van der Waals surface area contributed by atoms with E-state index in [4.69, 9.17) is 21.1 Å². The van der Waals surface area contributed by atoms with Gasteiger partial charge in [0.05, 0.1) is 25.4 Å². The van der Waals surface area contributed by atoms with E-state index >= 15 is 0 Å². The van der Waals surface area contributed by atoms with E-state index in [1.807, 2.05) is 11.6 Å². The van der Waals surface area contributed by atoms with Gasteiger partial charge in [-0.15, -0.1) is 0 Å². The fourth-order valence-corrected chi connectivity index (χ4v) is 3.08. The Morgan fingerprint density at radius 2 is 1.67 bits per heavy atom. The minimum Gasteiger partial charge on any atom is -0.481 e. The first kappa shape index (κ1) is 27.9. The first-order chi connectivity index (χ1) is 15.6. The number of nitrogens with one attached hydrogen (secondary N) is 4. The van der Waals surface area contributed by atoms with Gasteiger partial charge in [0, 0.05) is 18.3 Å². The van der Waals surface area contributed by atoms with Crippen molar-refractivity contribution in [3.8, 4) is 0 Å². The highest BCUT2D eigenvalue weighted by atomic mass is 32.2.